The largest absolute Gasteiger partial charge is 0.342 e. The second-order valence-electron chi connectivity index (χ2n) is 6.90. The van der Waals surface area contributed by atoms with Crippen LogP contribution in [-0.2, 0) is 16.0 Å². The first-order valence-corrected chi connectivity index (χ1v) is 9.01. The number of halogens is 1. The van der Waals surface area contributed by atoms with Gasteiger partial charge in [0, 0.05) is 32.2 Å². The lowest BCUT2D eigenvalue weighted by atomic mass is 9.95. The van der Waals surface area contributed by atoms with E-state index in [0.29, 0.717) is 19.5 Å². The molecule has 2 atom stereocenters. The Balaban J connectivity index is 0.00000225. The summed E-state index contributed by atoms with van der Waals surface area (Å²) in [6, 6.07) is 9.99. The molecule has 0 saturated carbocycles. The summed E-state index contributed by atoms with van der Waals surface area (Å²) in [5.74, 6) is 0.251. The lowest BCUT2D eigenvalue weighted by Gasteiger charge is -2.35. The van der Waals surface area contributed by atoms with Gasteiger partial charge in [-0.2, -0.15) is 0 Å². The summed E-state index contributed by atoms with van der Waals surface area (Å²) in [6.45, 7) is 2.67. The number of piperidine rings is 1. The number of nitrogens with two attached hydrogens (primary N) is 1. The second-order valence-corrected chi connectivity index (χ2v) is 6.90. The molecule has 3 rings (SSSR count). The molecule has 2 N–H and O–H groups in total. The Hall–Kier alpha value is -1.59. The van der Waals surface area contributed by atoms with Gasteiger partial charge in [-0.1, -0.05) is 30.3 Å². The number of benzene rings is 1. The molecule has 2 saturated heterocycles. The zero-order chi connectivity index (χ0) is 16.9. The van der Waals surface area contributed by atoms with Crippen molar-refractivity contribution in [1.29, 1.82) is 0 Å². The monoisotopic (exact) mass is 365 g/mol. The summed E-state index contributed by atoms with van der Waals surface area (Å²) in [7, 11) is 0. The number of hydrogen-bond donors (Lipinski definition) is 1. The van der Waals surface area contributed by atoms with E-state index in [4.69, 9.17) is 5.73 Å². The van der Waals surface area contributed by atoms with Crippen LogP contribution in [0.1, 0.15) is 31.2 Å². The Labute approximate surface area is 155 Å². The number of rotatable bonds is 4. The molecule has 6 heteroatoms. The van der Waals surface area contributed by atoms with Gasteiger partial charge in [0.2, 0.25) is 11.8 Å². The van der Waals surface area contributed by atoms with Gasteiger partial charge in [0.25, 0.3) is 0 Å². The molecule has 138 valence electrons. The fraction of sp³-hybridized carbons (Fsp3) is 0.579. The topological polar surface area (TPSA) is 66.6 Å². The van der Waals surface area contributed by atoms with Gasteiger partial charge in [-0.25, -0.2) is 0 Å². The minimum Gasteiger partial charge on any atom is -0.342 e. The maximum absolute atomic E-state index is 12.8. The fourth-order valence-electron chi connectivity index (χ4n) is 3.89. The maximum Gasteiger partial charge on any atom is 0.227 e. The summed E-state index contributed by atoms with van der Waals surface area (Å²) < 4.78 is 0. The summed E-state index contributed by atoms with van der Waals surface area (Å²) in [5.41, 5.74) is 6.82. The van der Waals surface area contributed by atoms with Crippen LogP contribution in [0.4, 0.5) is 0 Å². The predicted molar refractivity (Wildman–Crippen MR) is 100 cm³/mol. The van der Waals surface area contributed by atoms with E-state index in [0.717, 1.165) is 44.3 Å². The van der Waals surface area contributed by atoms with Gasteiger partial charge in [-0.15, -0.1) is 12.4 Å². The minimum atomic E-state index is -0.0642. The van der Waals surface area contributed by atoms with Crippen LogP contribution >= 0.6 is 12.4 Å². The van der Waals surface area contributed by atoms with Crippen molar-refractivity contribution in [1.82, 2.24) is 9.80 Å². The first kappa shape index (κ1) is 19.7. The van der Waals surface area contributed by atoms with Crippen molar-refractivity contribution >= 4 is 24.2 Å². The molecule has 0 radical (unpaired) electrons. The van der Waals surface area contributed by atoms with Gasteiger partial charge >= 0.3 is 0 Å². The zero-order valence-corrected chi connectivity index (χ0v) is 15.4. The van der Waals surface area contributed by atoms with Crippen molar-refractivity contribution in [3.05, 3.63) is 35.9 Å². The molecular formula is C19H28ClN3O2. The Bertz CT molecular complexity index is 581. The van der Waals surface area contributed by atoms with Crippen molar-refractivity contribution in [3.8, 4) is 0 Å². The minimum absolute atomic E-state index is 0. The molecule has 0 aliphatic carbocycles. The highest BCUT2D eigenvalue weighted by Crippen LogP contribution is 2.24. The maximum atomic E-state index is 12.8. The Morgan fingerprint density at radius 3 is 2.52 bits per heavy atom. The number of hydrogen-bond acceptors (Lipinski definition) is 3. The third kappa shape index (κ3) is 4.73. The van der Waals surface area contributed by atoms with E-state index in [9.17, 15) is 9.59 Å². The third-order valence-electron chi connectivity index (χ3n) is 5.25. The van der Waals surface area contributed by atoms with Crippen LogP contribution in [0, 0.1) is 5.92 Å². The summed E-state index contributed by atoms with van der Waals surface area (Å²) in [4.78, 5) is 29.2. The molecule has 2 heterocycles. The fourth-order valence-corrected chi connectivity index (χ4v) is 3.89. The van der Waals surface area contributed by atoms with Crippen molar-refractivity contribution in [3.63, 3.8) is 0 Å². The zero-order valence-electron chi connectivity index (χ0n) is 14.6. The second kappa shape index (κ2) is 9.20. The molecular weight excluding hydrogens is 338 g/mol. The van der Waals surface area contributed by atoms with Gasteiger partial charge in [0.05, 0.1) is 12.3 Å². The standard InChI is InChI=1S/C19H27N3O2.ClH/c20-13-17-9-5-11-22(17)19(24)16-8-4-10-21(14-16)18(23)12-15-6-2-1-3-7-15;/h1-3,6-7,16-17H,4-5,8-14,20H2;1H. The molecule has 0 bridgehead atoms. The van der Waals surface area contributed by atoms with E-state index in [1.54, 1.807) is 0 Å². The smallest absolute Gasteiger partial charge is 0.227 e. The van der Waals surface area contributed by atoms with E-state index in [2.05, 4.69) is 0 Å². The molecule has 0 aromatic heterocycles. The molecule has 2 amide bonds. The van der Waals surface area contributed by atoms with Crippen LogP contribution in [0.15, 0.2) is 30.3 Å². The number of carbonyl (C=O) groups is 2. The van der Waals surface area contributed by atoms with Crippen LogP contribution in [-0.4, -0.2) is 53.8 Å². The highest BCUT2D eigenvalue weighted by atomic mass is 35.5. The molecule has 2 aliphatic rings. The molecule has 2 fully saturated rings. The van der Waals surface area contributed by atoms with Crippen LogP contribution in [0.3, 0.4) is 0 Å². The van der Waals surface area contributed by atoms with Crippen molar-refractivity contribution in [2.75, 3.05) is 26.2 Å². The Kier molecular flexibility index (Phi) is 7.26. The first-order valence-electron chi connectivity index (χ1n) is 9.01. The SMILES string of the molecule is Cl.NCC1CCCN1C(=O)C1CCCN(C(=O)Cc2ccccc2)C1. The number of nitrogens with zero attached hydrogens (tertiary/aromatic N) is 2. The molecule has 0 spiro atoms. The summed E-state index contributed by atoms with van der Waals surface area (Å²) in [6.07, 6.45) is 4.24. The lowest BCUT2D eigenvalue weighted by molar-refractivity contribution is -0.141. The molecule has 25 heavy (non-hydrogen) atoms. The molecule has 1 aromatic rings. The average Bonchev–Trinajstić information content (AvgIpc) is 3.10. The van der Waals surface area contributed by atoms with Crippen molar-refractivity contribution in [2.24, 2.45) is 11.7 Å². The summed E-state index contributed by atoms with van der Waals surface area (Å²) >= 11 is 0. The van der Waals surface area contributed by atoms with E-state index in [1.807, 2.05) is 40.1 Å². The van der Waals surface area contributed by atoms with Gasteiger partial charge in [-0.3, -0.25) is 9.59 Å². The predicted octanol–water partition coefficient (Wildman–Crippen LogP) is 1.84. The molecule has 2 unspecified atom stereocenters. The van der Waals surface area contributed by atoms with Gasteiger partial charge in [-0.05, 0) is 31.2 Å². The number of likely N-dealkylation sites (tertiary alicyclic amines) is 2. The van der Waals surface area contributed by atoms with E-state index in [1.165, 1.54) is 0 Å². The Morgan fingerprint density at radius 2 is 1.80 bits per heavy atom. The highest BCUT2D eigenvalue weighted by molar-refractivity contribution is 5.85. The van der Waals surface area contributed by atoms with Crippen LogP contribution in [0.5, 0.6) is 0 Å². The molecule has 1 aromatic carbocycles. The lowest BCUT2D eigenvalue weighted by Crippen LogP contribution is -2.49. The molecule has 2 aliphatic heterocycles. The van der Waals surface area contributed by atoms with Crippen LogP contribution < -0.4 is 5.73 Å². The number of carbonyl (C=O) groups excluding carboxylic acids is 2. The van der Waals surface area contributed by atoms with Crippen LogP contribution in [0.2, 0.25) is 0 Å². The first-order chi connectivity index (χ1) is 11.7. The van der Waals surface area contributed by atoms with Gasteiger partial charge in [0.1, 0.15) is 0 Å². The molecule has 5 nitrogen and oxygen atoms in total. The van der Waals surface area contributed by atoms with Gasteiger partial charge < -0.3 is 15.5 Å². The third-order valence-corrected chi connectivity index (χ3v) is 5.25. The van der Waals surface area contributed by atoms with E-state index in [-0.39, 0.29) is 36.2 Å². The van der Waals surface area contributed by atoms with Crippen LogP contribution in [0.25, 0.3) is 0 Å². The summed E-state index contributed by atoms with van der Waals surface area (Å²) in [5, 5.41) is 0. The normalized spacial score (nSPS) is 23.2. The van der Waals surface area contributed by atoms with E-state index < -0.39 is 0 Å². The highest BCUT2D eigenvalue weighted by Gasteiger charge is 2.35. The Morgan fingerprint density at radius 1 is 1.08 bits per heavy atom. The van der Waals surface area contributed by atoms with Crippen molar-refractivity contribution < 1.29 is 9.59 Å². The van der Waals surface area contributed by atoms with Gasteiger partial charge in [0.15, 0.2) is 0 Å². The number of amides is 2. The van der Waals surface area contributed by atoms with Crippen molar-refractivity contribution in [2.45, 2.75) is 38.1 Å². The average molecular weight is 366 g/mol. The van der Waals surface area contributed by atoms with E-state index >= 15 is 0 Å². The quantitative estimate of drug-likeness (QED) is 0.885.